The molecule has 0 unspecified atom stereocenters. The molecule has 1 aromatic rings. The van der Waals surface area contributed by atoms with Crippen molar-refractivity contribution in [1.82, 2.24) is 10.6 Å². The molecule has 2 N–H and O–H groups in total. The summed E-state index contributed by atoms with van der Waals surface area (Å²) in [6.45, 7) is 0.637. The van der Waals surface area contributed by atoms with Crippen molar-refractivity contribution in [1.29, 1.82) is 5.26 Å². The van der Waals surface area contributed by atoms with Crippen LogP contribution in [0.15, 0.2) is 22.7 Å². The van der Waals surface area contributed by atoms with Crippen molar-refractivity contribution in [3.05, 3.63) is 28.2 Å². The zero-order valence-corrected chi connectivity index (χ0v) is 12.6. The molecule has 1 aromatic carbocycles. The van der Waals surface area contributed by atoms with Crippen molar-refractivity contribution >= 4 is 21.8 Å². The summed E-state index contributed by atoms with van der Waals surface area (Å²) in [6, 6.07) is 8.16. The number of amides is 1. The van der Waals surface area contributed by atoms with E-state index in [-0.39, 0.29) is 19.1 Å². The lowest BCUT2D eigenvalue weighted by Crippen LogP contribution is -2.29. The van der Waals surface area contributed by atoms with Gasteiger partial charge in [0.15, 0.2) is 6.61 Å². The SMILES string of the molecule is N#CCNC(=O)COc1ccc(Br)cc1CNC1CC1. The fourth-order valence-corrected chi connectivity index (χ4v) is 2.11. The molecule has 6 heteroatoms. The average Bonchev–Trinajstić information content (AvgIpc) is 3.26. The highest BCUT2D eigenvalue weighted by molar-refractivity contribution is 9.10. The number of ether oxygens (including phenoxy) is 1. The van der Waals surface area contributed by atoms with Crippen LogP contribution in [-0.2, 0) is 11.3 Å². The lowest BCUT2D eigenvalue weighted by atomic mass is 10.2. The molecule has 0 spiro atoms. The van der Waals surface area contributed by atoms with Gasteiger partial charge in [-0.15, -0.1) is 0 Å². The highest BCUT2D eigenvalue weighted by Crippen LogP contribution is 2.25. The molecule has 0 radical (unpaired) electrons. The van der Waals surface area contributed by atoms with E-state index in [2.05, 4.69) is 26.6 Å². The Balaban J connectivity index is 1.91. The van der Waals surface area contributed by atoms with E-state index in [0.717, 1.165) is 16.6 Å². The van der Waals surface area contributed by atoms with Crippen molar-refractivity contribution < 1.29 is 9.53 Å². The van der Waals surface area contributed by atoms with Crippen molar-refractivity contribution in [3.8, 4) is 11.8 Å². The van der Waals surface area contributed by atoms with Crippen LogP contribution in [0.1, 0.15) is 18.4 Å². The van der Waals surface area contributed by atoms with Gasteiger partial charge in [-0.2, -0.15) is 5.26 Å². The highest BCUT2D eigenvalue weighted by atomic mass is 79.9. The van der Waals surface area contributed by atoms with Gasteiger partial charge in [-0.3, -0.25) is 4.79 Å². The zero-order chi connectivity index (χ0) is 14.4. The molecule has 0 bridgehead atoms. The molecule has 1 aliphatic rings. The number of carbonyl (C=O) groups is 1. The molecule has 5 nitrogen and oxygen atoms in total. The minimum atomic E-state index is -0.296. The summed E-state index contributed by atoms with van der Waals surface area (Å²) in [5.41, 5.74) is 1.01. The normalized spacial score (nSPS) is 13.6. The molecule has 0 aliphatic heterocycles. The summed E-state index contributed by atoms with van der Waals surface area (Å²) in [6.07, 6.45) is 2.45. The predicted molar refractivity (Wildman–Crippen MR) is 78.1 cm³/mol. The summed E-state index contributed by atoms with van der Waals surface area (Å²) in [5, 5.41) is 14.2. The summed E-state index contributed by atoms with van der Waals surface area (Å²) in [4.78, 5) is 11.4. The highest BCUT2D eigenvalue weighted by Gasteiger charge is 2.20. The maximum atomic E-state index is 11.4. The Labute approximate surface area is 126 Å². The van der Waals surface area contributed by atoms with Crippen LogP contribution in [0.5, 0.6) is 5.75 Å². The van der Waals surface area contributed by atoms with E-state index in [1.54, 1.807) is 0 Å². The van der Waals surface area contributed by atoms with E-state index in [9.17, 15) is 4.79 Å². The summed E-state index contributed by atoms with van der Waals surface area (Å²) in [7, 11) is 0. The molecule has 106 valence electrons. The van der Waals surface area contributed by atoms with Crippen molar-refractivity contribution in [2.24, 2.45) is 0 Å². The van der Waals surface area contributed by atoms with Crippen molar-refractivity contribution in [3.63, 3.8) is 0 Å². The topological polar surface area (TPSA) is 74.2 Å². The van der Waals surface area contributed by atoms with Crippen LogP contribution < -0.4 is 15.4 Å². The third-order valence-electron chi connectivity index (χ3n) is 2.90. The first-order valence-electron chi connectivity index (χ1n) is 6.47. The van der Waals surface area contributed by atoms with E-state index < -0.39 is 0 Å². The first-order valence-corrected chi connectivity index (χ1v) is 7.26. The molecular weight excluding hydrogens is 322 g/mol. The minimum absolute atomic E-state index is 0.00137. The average molecular weight is 338 g/mol. The van der Waals surface area contributed by atoms with Crippen LogP contribution >= 0.6 is 15.9 Å². The molecular formula is C14H16BrN3O2. The third kappa shape index (κ3) is 4.83. The number of nitrogens with zero attached hydrogens (tertiary/aromatic N) is 1. The van der Waals surface area contributed by atoms with E-state index in [1.165, 1.54) is 12.8 Å². The van der Waals surface area contributed by atoms with E-state index in [4.69, 9.17) is 10.00 Å². The number of rotatable bonds is 7. The van der Waals surface area contributed by atoms with E-state index in [0.29, 0.717) is 11.8 Å². The number of nitriles is 1. The van der Waals surface area contributed by atoms with Crippen molar-refractivity contribution in [2.45, 2.75) is 25.4 Å². The van der Waals surface area contributed by atoms with Gasteiger partial charge in [-0.1, -0.05) is 15.9 Å². The second-order valence-corrected chi connectivity index (χ2v) is 5.55. The molecule has 0 saturated heterocycles. The largest absolute Gasteiger partial charge is 0.483 e. The monoisotopic (exact) mass is 337 g/mol. The molecule has 0 heterocycles. The first-order chi connectivity index (χ1) is 9.69. The predicted octanol–water partition coefficient (Wildman–Crippen LogP) is 1.72. The van der Waals surface area contributed by atoms with E-state index >= 15 is 0 Å². The molecule has 1 amide bonds. The lowest BCUT2D eigenvalue weighted by molar-refractivity contribution is -0.122. The van der Waals surface area contributed by atoms with Gasteiger partial charge in [0, 0.05) is 22.6 Å². The van der Waals surface area contributed by atoms with Crippen LogP contribution in [0.2, 0.25) is 0 Å². The van der Waals surface area contributed by atoms with Crippen LogP contribution in [0.25, 0.3) is 0 Å². The number of nitrogens with one attached hydrogen (secondary N) is 2. The maximum Gasteiger partial charge on any atom is 0.258 e. The zero-order valence-electron chi connectivity index (χ0n) is 11.0. The summed E-state index contributed by atoms with van der Waals surface area (Å²) < 4.78 is 6.50. The van der Waals surface area contributed by atoms with Gasteiger partial charge in [0.25, 0.3) is 5.91 Å². The molecule has 1 aliphatic carbocycles. The Hall–Kier alpha value is -1.58. The van der Waals surface area contributed by atoms with Gasteiger partial charge in [0.2, 0.25) is 0 Å². The van der Waals surface area contributed by atoms with Gasteiger partial charge in [0.1, 0.15) is 12.3 Å². The van der Waals surface area contributed by atoms with E-state index in [1.807, 2.05) is 24.3 Å². The van der Waals surface area contributed by atoms with Gasteiger partial charge >= 0.3 is 0 Å². The third-order valence-corrected chi connectivity index (χ3v) is 3.40. The fourth-order valence-electron chi connectivity index (χ4n) is 1.70. The minimum Gasteiger partial charge on any atom is -0.483 e. The smallest absolute Gasteiger partial charge is 0.258 e. The van der Waals surface area contributed by atoms with Crippen LogP contribution in [-0.4, -0.2) is 25.1 Å². The maximum absolute atomic E-state index is 11.4. The van der Waals surface area contributed by atoms with Crippen LogP contribution in [0, 0.1) is 11.3 Å². The summed E-state index contributed by atoms with van der Waals surface area (Å²) in [5.74, 6) is 0.393. The molecule has 1 fully saturated rings. The quantitative estimate of drug-likeness (QED) is 0.743. The lowest BCUT2D eigenvalue weighted by Gasteiger charge is -2.12. The van der Waals surface area contributed by atoms with Crippen LogP contribution in [0.3, 0.4) is 0 Å². The number of halogens is 1. The van der Waals surface area contributed by atoms with Gasteiger partial charge in [-0.05, 0) is 31.0 Å². The molecule has 1 saturated carbocycles. The molecule has 2 rings (SSSR count). The molecule has 0 atom stereocenters. The van der Waals surface area contributed by atoms with Gasteiger partial charge in [-0.25, -0.2) is 0 Å². The van der Waals surface area contributed by atoms with Crippen LogP contribution in [0.4, 0.5) is 0 Å². The Bertz CT molecular complexity index is 524. The van der Waals surface area contributed by atoms with Crippen molar-refractivity contribution in [2.75, 3.05) is 13.2 Å². The second kappa shape index (κ2) is 7.27. The first kappa shape index (κ1) is 14.8. The standard InChI is InChI=1S/C14H16BrN3O2/c15-11-1-4-13(20-9-14(19)17-6-5-16)10(7-11)8-18-12-2-3-12/h1,4,7,12,18H,2-3,6,8-9H2,(H,17,19). The Kier molecular flexibility index (Phi) is 5.39. The Morgan fingerprint density at radius 2 is 2.30 bits per heavy atom. The Morgan fingerprint density at radius 3 is 3.00 bits per heavy atom. The summed E-state index contributed by atoms with van der Waals surface area (Å²) >= 11 is 3.43. The molecule has 20 heavy (non-hydrogen) atoms. The Morgan fingerprint density at radius 1 is 1.50 bits per heavy atom. The van der Waals surface area contributed by atoms with Gasteiger partial charge in [0.05, 0.1) is 6.07 Å². The second-order valence-electron chi connectivity index (χ2n) is 4.63. The number of carbonyl (C=O) groups excluding carboxylic acids is 1. The number of hydrogen-bond donors (Lipinski definition) is 2. The molecule has 0 aromatic heterocycles. The number of benzene rings is 1. The van der Waals surface area contributed by atoms with Gasteiger partial charge < -0.3 is 15.4 Å². The fraction of sp³-hybridized carbons (Fsp3) is 0.429. The number of hydrogen-bond acceptors (Lipinski definition) is 4.